The Balaban J connectivity index is 2.24. The van der Waals surface area contributed by atoms with Crippen molar-refractivity contribution in [3.05, 3.63) is 0 Å². The molecule has 2 unspecified atom stereocenters. The Morgan fingerprint density at radius 2 is 2.21 bits per heavy atom. The molecule has 1 aliphatic carbocycles. The van der Waals surface area contributed by atoms with Crippen LogP contribution in [0, 0.1) is 5.41 Å². The van der Waals surface area contributed by atoms with Gasteiger partial charge in [0.25, 0.3) is 0 Å². The lowest BCUT2D eigenvalue weighted by atomic mass is 9.75. The van der Waals surface area contributed by atoms with E-state index in [0.717, 1.165) is 13.0 Å². The Morgan fingerprint density at radius 3 is 2.79 bits per heavy atom. The Labute approximate surface area is 88.1 Å². The molecule has 0 spiro atoms. The lowest BCUT2D eigenvalue weighted by molar-refractivity contribution is 0.143. The molecule has 1 fully saturated rings. The monoisotopic (exact) mass is 199 g/mol. The van der Waals surface area contributed by atoms with Crippen molar-refractivity contribution in [2.75, 3.05) is 6.54 Å². The van der Waals surface area contributed by atoms with Crippen molar-refractivity contribution in [3.8, 4) is 0 Å². The largest absolute Gasteiger partial charge is 0.392 e. The van der Waals surface area contributed by atoms with Gasteiger partial charge in [0, 0.05) is 12.6 Å². The van der Waals surface area contributed by atoms with Gasteiger partial charge in [-0.3, -0.25) is 0 Å². The average molecular weight is 199 g/mol. The van der Waals surface area contributed by atoms with Crippen LogP contribution in [0.2, 0.25) is 0 Å². The number of aliphatic hydroxyl groups is 1. The van der Waals surface area contributed by atoms with E-state index in [1.54, 1.807) is 0 Å². The zero-order valence-corrected chi connectivity index (χ0v) is 9.84. The summed E-state index contributed by atoms with van der Waals surface area (Å²) in [5.74, 6) is 0. The molecular weight excluding hydrogens is 174 g/mol. The molecule has 0 bridgehead atoms. The zero-order valence-electron chi connectivity index (χ0n) is 9.84. The molecule has 1 rings (SSSR count). The first-order valence-electron chi connectivity index (χ1n) is 5.95. The third kappa shape index (κ3) is 3.97. The third-order valence-electron chi connectivity index (χ3n) is 3.32. The highest BCUT2D eigenvalue weighted by Crippen LogP contribution is 2.34. The Bertz CT molecular complexity index is 168. The lowest BCUT2D eigenvalue weighted by Gasteiger charge is -2.36. The number of nitrogens with one attached hydrogen (secondary N) is 1. The molecule has 2 atom stereocenters. The Hall–Kier alpha value is -0.0800. The van der Waals surface area contributed by atoms with Crippen molar-refractivity contribution >= 4 is 0 Å². The van der Waals surface area contributed by atoms with Crippen LogP contribution in [-0.2, 0) is 0 Å². The quantitative estimate of drug-likeness (QED) is 0.728. The van der Waals surface area contributed by atoms with Crippen LogP contribution in [0.4, 0.5) is 0 Å². The zero-order chi connectivity index (χ0) is 10.6. The van der Waals surface area contributed by atoms with Gasteiger partial charge in [0.1, 0.15) is 0 Å². The second kappa shape index (κ2) is 5.13. The van der Waals surface area contributed by atoms with Gasteiger partial charge < -0.3 is 10.4 Å². The molecule has 0 aromatic carbocycles. The first kappa shape index (κ1) is 12.0. The minimum Gasteiger partial charge on any atom is -0.392 e. The van der Waals surface area contributed by atoms with Gasteiger partial charge in [0.05, 0.1) is 6.10 Å². The Kier molecular flexibility index (Phi) is 4.39. The van der Waals surface area contributed by atoms with Gasteiger partial charge in [-0.2, -0.15) is 0 Å². The highest BCUT2D eigenvalue weighted by Gasteiger charge is 2.27. The van der Waals surface area contributed by atoms with E-state index in [1.807, 2.05) is 6.92 Å². The molecule has 1 saturated carbocycles. The molecule has 14 heavy (non-hydrogen) atoms. The lowest BCUT2D eigenvalue weighted by Crippen LogP contribution is -2.40. The van der Waals surface area contributed by atoms with E-state index in [9.17, 15) is 5.11 Å². The summed E-state index contributed by atoms with van der Waals surface area (Å²) in [6.07, 6.45) is 5.89. The van der Waals surface area contributed by atoms with Gasteiger partial charge in [-0.05, 0) is 31.1 Å². The van der Waals surface area contributed by atoms with Crippen molar-refractivity contribution in [3.63, 3.8) is 0 Å². The van der Waals surface area contributed by atoms with Gasteiger partial charge in [0.15, 0.2) is 0 Å². The molecule has 2 N–H and O–H groups in total. The van der Waals surface area contributed by atoms with Crippen LogP contribution in [0.5, 0.6) is 0 Å². The molecule has 0 radical (unpaired) electrons. The van der Waals surface area contributed by atoms with Crippen molar-refractivity contribution in [2.24, 2.45) is 5.41 Å². The predicted molar refractivity (Wildman–Crippen MR) is 60.3 cm³/mol. The number of hydrogen-bond donors (Lipinski definition) is 2. The molecule has 0 amide bonds. The van der Waals surface area contributed by atoms with Crippen LogP contribution in [0.15, 0.2) is 0 Å². The maximum atomic E-state index is 9.46. The second-order valence-corrected chi connectivity index (χ2v) is 5.43. The summed E-state index contributed by atoms with van der Waals surface area (Å²) in [4.78, 5) is 0. The molecule has 2 nitrogen and oxygen atoms in total. The second-order valence-electron chi connectivity index (χ2n) is 5.43. The van der Waals surface area contributed by atoms with Crippen molar-refractivity contribution in [1.82, 2.24) is 5.32 Å². The molecule has 84 valence electrons. The summed E-state index contributed by atoms with van der Waals surface area (Å²) in [5, 5.41) is 12.9. The summed E-state index contributed by atoms with van der Waals surface area (Å²) >= 11 is 0. The molecule has 0 saturated heterocycles. The van der Waals surface area contributed by atoms with Crippen molar-refractivity contribution in [2.45, 2.75) is 65.0 Å². The highest BCUT2D eigenvalue weighted by atomic mass is 16.3. The molecule has 0 aromatic rings. The Morgan fingerprint density at radius 1 is 1.50 bits per heavy atom. The fraction of sp³-hybridized carbons (Fsp3) is 1.00. The number of aliphatic hydroxyl groups excluding tert-OH is 1. The fourth-order valence-electron chi connectivity index (χ4n) is 2.32. The van der Waals surface area contributed by atoms with Crippen molar-refractivity contribution in [1.29, 1.82) is 0 Å². The van der Waals surface area contributed by atoms with Crippen LogP contribution < -0.4 is 5.32 Å². The van der Waals surface area contributed by atoms with Crippen LogP contribution in [0.1, 0.15) is 52.9 Å². The maximum Gasteiger partial charge on any atom is 0.0662 e. The standard InChI is InChI=1S/C12H25NO/c1-4-11(14)9-13-10-6-5-7-12(2,3)8-10/h10-11,13-14H,4-9H2,1-3H3. The summed E-state index contributed by atoms with van der Waals surface area (Å²) in [6.45, 7) is 7.47. The molecule has 0 aliphatic heterocycles. The van der Waals surface area contributed by atoms with Gasteiger partial charge in [-0.15, -0.1) is 0 Å². The van der Waals surface area contributed by atoms with E-state index in [0.29, 0.717) is 11.5 Å². The first-order valence-corrected chi connectivity index (χ1v) is 5.95. The minimum absolute atomic E-state index is 0.167. The van der Waals surface area contributed by atoms with Gasteiger partial charge >= 0.3 is 0 Å². The highest BCUT2D eigenvalue weighted by molar-refractivity contribution is 4.83. The molecule has 1 aliphatic rings. The molecule has 2 heteroatoms. The first-order chi connectivity index (χ1) is 6.53. The minimum atomic E-state index is -0.167. The summed E-state index contributed by atoms with van der Waals surface area (Å²) < 4.78 is 0. The summed E-state index contributed by atoms with van der Waals surface area (Å²) in [6, 6.07) is 0.625. The van der Waals surface area contributed by atoms with E-state index in [2.05, 4.69) is 19.2 Å². The SMILES string of the molecule is CCC(O)CNC1CCCC(C)(C)C1. The normalized spacial score (nSPS) is 28.7. The van der Waals surface area contributed by atoms with E-state index < -0.39 is 0 Å². The van der Waals surface area contributed by atoms with Gasteiger partial charge in [-0.25, -0.2) is 0 Å². The van der Waals surface area contributed by atoms with Gasteiger partial charge in [-0.1, -0.05) is 27.2 Å². The van der Waals surface area contributed by atoms with E-state index in [1.165, 1.54) is 25.7 Å². The van der Waals surface area contributed by atoms with Crippen LogP contribution >= 0.6 is 0 Å². The van der Waals surface area contributed by atoms with Crippen LogP contribution in [0.3, 0.4) is 0 Å². The number of rotatable bonds is 4. The third-order valence-corrected chi connectivity index (χ3v) is 3.32. The molecule has 0 heterocycles. The number of hydrogen-bond acceptors (Lipinski definition) is 2. The van der Waals surface area contributed by atoms with Gasteiger partial charge in [0.2, 0.25) is 0 Å². The smallest absolute Gasteiger partial charge is 0.0662 e. The fourth-order valence-corrected chi connectivity index (χ4v) is 2.32. The molecular formula is C12H25NO. The van der Waals surface area contributed by atoms with E-state index in [4.69, 9.17) is 0 Å². The summed E-state index contributed by atoms with van der Waals surface area (Å²) in [5.41, 5.74) is 0.493. The van der Waals surface area contributed by atoms with Crippen molar-refractivity contribution < 1.29 is 5.11 Å². The average Bonchev–Trinajstić information content (AvgIpc) is 2.12. The predicted octanol–water partition coefficient (Wildman–Crippen LogP) is 2.32. The summed E-state index contributed by atoms with van der Waals surface area (Å²) in [7, 11) is 0. The van der Waals surface area contributed by atoms with Crippen LogP contribution in [0.25, 0.3) is 0 Å². The topological polar surface area (TPSA) is 32.3 Å². The van der Waals surface area contributed by atoms with E-state index in [-0.39, 0.29) is 6.10 Å². The maximum absolute atomic E-state index is 9.46. The molecule has 0 aromatic heterocycles. The van der Waals surface area contributed by atoms with Crippen LogP contribution in [-0.4, -0.2) is 23.8 Å². The van der Waals surface area contributed by atoms with E-state index >= 15 is 0 Å².